The van der Waals surface area contributed by atoms with Crippen LogP contribution in [0.4, 0.5) is 11.6 Å². The molecular formula is C26H31BN6O. The monoisotopic (exact) mass is 454 g/mol. The van der Waals surface area contributed by atoms with E-state index in [1.807, 2.05) is 6.92 Å². The number of aromatic nitrogens is 3. The van der Waals surface area contributed by atoms with E-state index in [0.29, 0.717) is 30.6 Å². The highest BCUT2D eigenvalue weighted by Gasteiger charge is 2.47. The average Bonchev–Trinajstić information content (AvgIpc) is 3.56. The molecule has 2 aromatic heterocycles. The molecule has 1 atom stereocenters. The molecule has 0 amide bonds. The highest BCUT2D eigenvalue weighted by atomic mass is 16.5. The molecule has 174 valence electrons. The fourth-order valence-electron chi connectivity index (χ4n) is 4.88. The number of anilines is 2. The predicted octanol–water partition coefficient (Wildman–Crippen LogP) is 3.25. The lowest BCUT2D eigenvalue weighted by atomic mass is 9.80. The van der Waals surface area contributed by atoms with Crippen molar-refractivity contribution in [2.75, 3.05) is 23.8 Å². The van der Waals surface area contributed by atoms with Crippen LogP contribution in [0.3, 0.4) is 0 Å². The summed E-state index contributed by atoms with van der Waals surface area (Å²) >= 11 is 0. The molecule has 1 saturated carbocycles. The summed E-state index contributed by atoms with van der Waals surface area (Å²) < 4.78 is 5.33. The molecule has 1 aromatic carbocycles. The Morgan fingerprint density at radius 2 is 1.85 bits per heavy atom. The smallest absolute Gasteiger partial charge is 0.167 e. The number of rotatable bonds is 7. The normalized spacial score (nSPS) is 17.8. The van der Waals surface area contributed by atoms with Gasteiger partial charge < -0.3 is 15.4 Å². The van der Waals surface area contributed by atoms with Gasteiger partial charge in [-0.3, -0.25) is 0 Å². The largest absolute Gasteiger partial charge is 0.377 e. The number of ether oxygens (including phenoxy) is 1. The van der Waals surface area contributed by atoms with E-state index in [1.165, 1.54) is 16.6 Å². The maximum atomic E-state index is 9.94. The molecule has 2 fully saturated rings. The van der Waals surface area contributed by atoms with Gasteiger partial charge in [0.1, 0.15) is 25.3 Å². The molecule has 1 saturated heterocycles. The Morgan fingerprint density at radius 3 is 2.47 bits per heavy atom. The molecule has 8 heteroatoms. The molecule has 0 unspecified atom stereocenters. The second-order valence-corrected chi connectivity index (χ2v) is 10.0. The van der Waals surface area contributed by atoms with Gasteiger partial charge in [0.15, 0.2) is 5.65 Å². The Bertz CT molecular complexity index is 1290. The molecule has 3 aromatic rings. The van der Waals surface area contributed by atoms with Crippen molar-refractivity contribution >= 4 is 36.0 Å². The lowest BCUT2D eigenvalue weighted by molar-refractivity contribution is 0.0209. The number of hydrogen-bond acceptors (Lipinski definition) is 7. The highest BCUT2D eigenvalue weighted by Crippen LogP contribution is 2.50. The van der Waals surface area contributed by atoms with Crippen molar-refractivity contribution in [3.63, 3.8) is 0 Å². The zero-order chi connectivity index (χ0) is 24.0. The number of pyridine rings is 1. The van der Waals surface area contributed by atoms with Crippen molar-refractivity contribution in [3.8, 4) is 6.07 Å². The summed E-state index contributed by atoms with van der Waals surface area (Å²) in [7, 11) is 2.19. The Balaban J connectivity index is 1.57. The second-order valence-electron chi connectivity index (χ2n) is 10.0. The molecule has 34 heavy (non-hydrogen) atoms. The Kier molecular flexibility index (Phi) is 5.69. The van der Waals surface area contributed by atoms with Crippen LogP contribution in [0, 0.1) is 18.3 Å². The lowest BCUT2D eigenvalue weighted by Crippen LogP contribution is -2.41. The van der Waals surface area contributed by atoms with E-state index in [0.717, 1.165) is 35.4 Å². The number of hydrogen-bond donors (Lipinski definition) is 2. The minimum absolute atomic E-state index is 0.0513. The molecule has 7 nitrogen and oxygen atoms in total. The molecule has 1 aliphatic carbocycles. The van der Waals surface area contributed by atoms with Crippen LogP contribution in [0.5, 0.6) is 0 Å². The summed E-state index contributed by atoms with van der Waals surface area (Å²) in [5.41, 5.74) is 5.01. The summed E-state index contributed by atoms with van der Waals surface area (Å²) in [6.07, 6.45) is 1.69. The quantitative estimate of drug-likeness (QED) is 0.529. The molecule has 3 heterocycles. The molecule has 2 N–H and O–H groups in total. The topological polar surface area (TPSA) is 95.8 Å². The van der Waals surface area contributed by atoms with Gasteiger partial charge in [-0.2, -0.15) is 5.26 Å². The minimum atomic E-state index is -0.482. The first kappa shape index (κ1) is 22.6. The summed E-state index contributed by atoms with van der Waals surface area (Å²) in [5.74, 6) is 2.63. The first-order chi connectivity index (χ1) is 16.3. The molecular weight excluding hydrogens is 423 g/mol. The van der Waals surface area contributed by atoms with Gasteiger partial charge in [0.25, 0.3) is 0 Å². The Labute approximate surface area is 201 Å². The maximum Gasteiger partial charge on any atom is 0.167 e. The maximum absolute atomic E-state index is 9.94. The van der Waals surface area contributed by atoms with Crippen LogP contribution in [0.15, 0.2) is 24.3 Å². The molecule has 0 bridgehead atoms. The molecule has 0 spiro atoms. The summed E-state index contributed by atoms with van der Waals surface area (Å²) in [5, 5.41) is 17.9. The van der Waals surface area contributed by atoms with Crippen molar-refractivity contribution in [1.29, 1.82) is 5.26 Å². The van der Waals surface area contributed by atoms with Crippen LogP contribution in [0.25, 0.3) is 11.0 Å². The third-order valence-electron chi connectivity index (χ3n) is 7.12. The van der Waals surface area contributed by atoms with E-state index in [1.54, 1.807) is 0 Å². The number of nitriles is 1. The van der Waals surface area contributed by atoms with Gasteiger partial charge >= 0.3 is 0 Å². The Morgan fingerprint density at radius 1 is 1.12 bits per heavy atom. The van der Waals surface area contributed by atoms with Crippen LogP contribution in [-0.4, -0.2) is 42.1 Å². The zero-order valence-electron chi connectivity index (χ0n) is 20.6. The average molecular weight is 454 g/mol. The van der Waals surface area contributed by atoms with E-state index < -0.39 is 5.41 Å². The molecule has 2 aliphatic rings. The van der Waals surface area contributed by atoms with Crippen LogP contribution < -0.4 is 16.1 Å². The number of benzene rings is 1. The van der Waals surface area contributed by atoms with E-state index >= 15 is 0 Å². The Hall–Kier alpha value is -3.18. The minimum Gasteiger partial charge on any atom is -0.377 e. The zero-order valence-corrected chi connectivity index (χ0v) is 20.6. The van der Waals surface area contributed by atoms with Gasteiger partial charge in [-0.25, -0.2) is 15.0 Å². The van der Waals surface area contributed by atoms with Gasteiger partial charge in [0.2, 0.25) is 0 Å². The van der Waals surface area contributed by atoms with E-state index in [9.17, 15) is 5.26 Å². The van der Waals surface area contributed by atoms with Crippen molar-refractivity contribution < 1.29 is 4.74 Å². The highest BCUT2D eigenvalue weighted by molar-refractivity contribution is 6.34. The predicted molar refractivity (Wildman–Crippen MR) is 138 cm³/mol. The second kappa shape index (κ2) is 8.55. The van der Waals surface area contributed by atoms with Gasteiger partial charge in [0, 0.05) is 11.6 Å². The summed E-state index contributed by atoms with van der Waals surface area (Å²) in [4.78, 5) is 14.3. The molecule has 5 rings (SSSR count). The summed E-state index contributed by atoms with van der Waals surface area (Å²) in [6.45, 7) is 9.81. The number of nitrogens with zero attached hydrogens (tertiary/aromatic N) is 4. The van der Waals surface area contributed by atoms with Gasteiger partial charge in [0.05, 0.1) is 36.1 Å². The number of aryl methyl sites for hydroxylation is 1. The first-order valence-corrected chi connectivity index (χ1v) is 12.1. The number of nitrogens with one attached hydrogen (secondary N) is 2. The van der Waals surface area contributed by atoms with E-state index in [2.05, 4.69) is 74.6 Å². The van der Waals surface area contributed by atoms with Crippen LogP contribution in [-0.2, 0) is 10.2 Å². The van der Waals surface area contributed by atoms with E-state index in [-0.39, 0.29) is 12.1 Å². The van der Waals surface area contributed by atoms with Crippen molar-refractivity contribution in [2.24, 2.45) is 0 Å². The van der Waals surface area contributed by atoms with Crippen LogP contribution in [0.2, 0.25) is 0 Å². The standard InChI is InChI=1S/C26H31BN6O/c1-14(2)18-6-5-7-19(22(18)27)15(3)29-23-20-10-21(26(13-28)8-9-26)25(32-17-11-34-12-17)33-24(20)31-16(4)30-23/h5-7,10,14-15,17H,8-9,11-12,27H2,1-4H3,(H2,29,30,31,32,33)/t15-/m1/s1. The van der Waals surface area contributed by atoms with Gasteiger partial charge in [-0.15, -0.1) is 0 Å². The fraction of sp³-hybridized carbons (Fsp3) is 0.462. The van der Waals surface area contributed by atoms with Gasteiger partial charge in [-0.1, -0.05) is 43.1 Å². The third-order valence-corrected chi connectivity index (χ3v) is 7.12. The molecule has 1 aliphatic heterocycles. The van der Waals surface area contributed by atoms with Crippen molar-refractivity contribution in [3.05, 3.63) is 46.8 Å². The van der Waals surface area contributed by atoms with Crippen molar-refractivity contribution in [1.82, 2.24) is 15.0 Å². The van der Waals surface area contributed by atoms with Crippen LogP contribution in [0.1, 0.15) is 68.1 Å². The SMILES string of the molecule is Bc1c(C(C)C)cccc1[C@@H](C)Nc1nc(C)nc2nc(NC3COC3)c(C3(C#N)CC3)cc12. The summed E-state index contributed by atoms with van der Waals surface area (Å²) in [6, 6.07) is 11.4. The van der Waals surface area contributed by atoms with Crippen LogP contribution >= 0.6 is 0 Å². The number of fused-ring (bicyclic) bond motifs is 1. The van der Waals surface area contributed by atoms with Crippen molar-refractivity contribution in [2.45, 2.75) is 64.0 Å². The molecule has 0 radical (unpaired) electrons. The fourth-order valence-corrected chi connectivity index (χ4v) is 4.88. The lowest BCUT2D eigenvalue weighted by Gasteiger charge is -2.29. The van der Waals surface area contributed by atoms with Gasteiger partial charge in [-0.05, 0) is 44.2 Å². The third kappa shape index (κ3) is 3.99. The first-order valence-electron chi connectivity index (χ1n) is 12.1. The van der Waals surface area contributed by atoms with E-state index in [4.69, 9.17) is 14.7 Å².